The Labute approximate surface area is 114 Å². The molecule has 3 nitrogen and oxygen atoms in total. The molecule has 1 atom stereocenters. The first kappa shape index (κ1) is 13.6. The van der Waals surface area contributed by atoms with Crippen LogP contribution in [0.3, 0.4) is 0 Å². The van der Waals surface area contributed by atoms with Gasteiger partial charge in [-0.15, -0.1) is 0 Å². The van der Waals surface area contributed by atoms with Crippen molar-refractivity contribution in [3.63, 3.8) is 0 Å². The monoisotopic (exact) mass is 256 g/mol. The van der Waals surface area contributed by atoms with Crippen molar-refractivity contribution < 1.29 is 4.79 Å². The number of amides is 1. The molecule has 1 aromatic rings. The Balaban J connectivity index is 1.90. The number of nitrogens with two attached hydrogens (primary N) is 1. The van der Waals surface area contributed by atoms with Gasteiger partial charge in [0.25, 0.3) is 0 Å². The molecule has 1 aliphatic carbocycles. The molecule has 0 radical (unpaired) electrons. The predicted molar refractivity (Wildman–Crippen MR) is 76.3 cm³/mol. The maximum absolute atomic E-state index is 11.7. The summed E-state index contributed by atoms with van der Waals surface area (Å²) in [7, 11) is 0. The van der Waals surface area contributed by atoms with E-state index in [2.05, 4.69) is 17.2 Å². The van der Waals surface area contributed by atoms with E-state index < -0.39 is 0 Å². The van der Waals surface area contributed by atoms with Crippen molar-refractivity contribution in [1.29, 1.82) is 0 Å². The average Bonchev–Trinajstić information content (AvgIpc) is 3.20. The van der Waals surface area contributed by atoms with Crippen LogP contribution in [0.1, 0.15) is 43.4 Å². The zero-order chi connectivity index (χ0) is 13.7. The van der Waals surface area contributed by atoms with E-state index in [9.17, 15) is 4.79 Å². The molecule has 2 rings (SSSR count). The minimum atomic E-state index is 0.0442. The molecule has 1 fully saturated rings. The summed E-state index contributed by atoms with van der Waals surface area (Å²) in [6.07, 6.45) is 3.08. The van der Waals surface area contributed by atoms with Crippen LogP contribution in [0, 0.1) is 17.8 Å². The van der Waals surface area contributed by atoms with Crippen LogP contribution in [0.4, 0.5) is 0 Å². The molecule has 0 heterocycles. The van der Waals surface area contributed by atoms with Crippen molar-refractivity contribution in [2.45, 2.75) is 32.2 Å². The smallest absolute Gasteiger partial charge is 0.220 e. The second-order valence-electron chi connectivity index (χ2n) is 5.06. The van der Waals surface area contributed by atoms with Crippen LogP contribution in [0.25, 0.3) is 0 Å². The highest BCUT2D eigenvalue weighted by molar-refractivity contribution is 5.77. The number of benzene rings is 1. The van der Waals surface area contributed by atoms with E-state index in [1.165, 1.54) is 12.8 Å². The van der Waals surface area contributed by atoms with E-state index in [0.29, 0.717) is 18.9 Å². The normalized spacial score (nSPS) is 15.3. The number of rotatable bonds is 4. The Bertz CT molecular complexity index is 492. The molecule has 0 bridgehead atoms. The number of carbonyl (C=O) groups excluding carboxylic acids is 1. The lowest BCUT2D eigenvalue weighted by atomic mass is 10.1. The van der Waals surface area contributed by atoms with Crippen LogP contribution in [-0.2, 0) is 4.79 Å². The van der Waals surface area contributed by atoms with Crippen molar-refractivity contribution in [2.75, 3.05) is 6.54 Å². The second kappa shape index (κ2) is 6.40. The molecular weight excluding hydrogens is 236 g/mol. The molecule has 100 valence electrons. The summed E-state index contributed by atoms with van der Waals surface area (Å²) >= 11 is 0. The quantitative estimate of drug-likeness (QED) is 0.809. The standard InChI is InChI=1S/C16H20N2O/c1-12(18-16(19)11-14-4-5-14)15-8-6-13(7-9-15)3-2-10-17/h6-9,12,14H,4-5,10-11,17H2,1H3,(H,18,19). The second-order valence-corrected chi connectivity index (χ2v) is 5.06. The van der Waals surface area contributed by atoms with E-state index in [0.717, 1.165) is 11.1 Å². The van der Waals surface area contributed by atoms with Gasteiger partial charge in [-0.1, -0.05) is 24.0 Å². The van der Waals surface area contributed by atoms with Gasteiger partial charge in [-0.2, -0.15) is 0 Å². The van der Waals surface area contributed by atoms with Crippen LogP contribution < -0.4 is 11.1 Å². The van der Waals surface area contributed by atoms with E-state index in [4.69, 9.17) is 5.73 Å². The number of hydrogen-bond donors (Lipinski definition) is 2. The summed E-state index contributed by atoms with van der Waals surface area (Å²) < 4.78 is 0. The van der Waals surface area contributed by atoms with Crippen molar-refractivity contribution in [1.82, 2.24) is 5.32 Å². The minimum Gasteiger partial charge on any atom is -0.350 e. The maximum atomic E-state index is 11.7. The zero-order valence-electron chi connectivity index (χ0n) is 11.3. The molecule has 19 heavy (non-hydrogen) atoms. The highest BCUT2D eigenvalue weighted by Crippen LogP contribution is 2.32. The molecule has 1 amide bonds. The third-order valence-electron chi connectivity index (χ3n) is 3.29. The molecular formula is C16H20N2O. The molecule has 3 heteroatoms. The van der Waals surface area contributed by atoms with Gasteiger partial charge in [0, 0.05) is 12.0 Å². The largest absolute Gasteiger partial charge is 0.350 e. The first-order valence-corrected chi connectivity index (χ1v) is 6.77. The Morgan fingerprint density at radius 2 is 2.11 bits per heavy atom. The van der Waals surface area contributed by atoms with Crippen LogP contribution in [0.15, 0.2) is 24.3 Å². The summed E-state index contributed by atoms with van der Waals surface area (Å²) in [5, 5.41) is 3.04. The van der Waals surface area contributed by atoms with E-state index in [1.54, 1.807) is 0 Å². The van der Waals surface area contributed by atoms with Crippen LogP contribution in [-0.4, -0.2) is 12.5 Å². The topological polar surface area (TPSA) is 55.1 Å². The highest BCUT2D eigenvalue weighted by atomic mass is 16.1. The fraction of sp³-hybridized carbons (Fsp3) is 0.438. The highest BCUT2D eigenvalue weighted by Gasteiger charge is 2.24. The van der Waals surface area contributed by atoms with Gasteiger partial charge in [0.15, 0.2) is 0 Å². The fourth-order valence-electron chi connectivity index (χ4n) is 1.98. The van der Waals surface area contributed by atoms with Crippen LogP contribution in [0.5, 0.6) is 0 Å². The Morgan fingerprint density at radius 3 is 2.68 bits per heavy atom. The maximum Gasteiger partial charge on any atom is 0.220 e. The zero-order valence-corrected chi connectivity index (χ0v) is 11.3. The van der Waals surface area contributed by atoms with Gasteiger partial charge in [0.05, 0.1) is 12.6 Å². The number of carbonyl (C=O) groups is 1. The predicted octanol–water partition coefficient (Wildman–Crippen LogP) is 1.97. The Hall–Kier alpha value is -1.79. The molecule has 0 aliphatic heterocycles. The number of hydrogen-bond acceptors (Lipinski definition) is 2. The van der Waals surface area contributed by atoms with E-state index >= 15 is 0 Å². The van der Waals surface area contributed by atoms with Gasteiger partial charge >= 0.3 is 0 Å². The summed E-state index contributed by atoms with van der Waals surface area (Å²) in [5.74, 6) is 6.59. The van der Waals surface area contributed by atoms with Gasteiger partial charge < -0.3 is 11.1 Å². The van der Waals surface area contributed by atoms with E-state index in [-0.39, 0.29) is 11.9 Å². The number of nitrogens with one attached hydrogen (secondary N) is 1. The van der Waals surface area contributed by atoms with Crippen molar-refractivity contribution in [2.24, 2.45) is 11.7 Å². The Morgan fingerprint density at radius 1 is 1.42 bits per heavy atom. The third-order valence-corrected chi connectivity index (χ3v) is 3.29. The van der Waals surface area contributed by atoms with Gasteiger partial charge in [0.2, 0.25) is 5.91 Å². The summed E-state index contributed by atoms with van der Waals surface area (Å²) in [5.41, 5.74) is 7.38. The van der Waals surface area contributed by atoms with Crippen LogP contribution >= 0.6 is 0 Å². The first-order valence-electron chi connectivity index (χ1n) is 6.77. The van der Waals surface area contributed by atoms with Gasteiger partial charge in [-0.3, -0.25) is 4.79 Å². The average molecular weight is 256 g/mol. The van der Waals surface area contributed by atoms with Gasteiger partial charge in [-0.25, -0.2) is 0 Å². The summed E-state index contributed by atoms with van der Waals surface area (Å²) in [6, 6.07) is 7.97. The van der Waals surface area contributed by atoms with Crippen LogP contribution in [0.2, 0.25) is 0 Å². The van der Waals surface area contributed by atoms with Gasteiger partial charge in [-0.05, 0) is 43.4 Å². The van der Waals surface area contributed by atoms with Crippen molar-refractivity contribution in [3.05, 3.63) is 35.4 Å². The SMILES string of the molecule is CC(NC(=O)CC1CC1)c1ccc(C#CCN)cc1. The lowest BCUT2D eigenvalue weighted by Crippen LogP contribution is -2.26. The third kappa shape index (κ3) is 4.42. The first-order chi connectivity index (χ1) is 9.19. The molecule has 0 aromatic heterocycles. The molecule has 0 spiro atoms. The molecule has 1 saturated carbocycles. The molecule has 1 unspecified atom stereocenters. The van der Waals surface area contributed by atoms with Gasteiger partial charge in [0.1, 0.15) is 0 Å². The fourth-order valence-corrected chi connectivity index (χ4v) is 1.98. The van der Waals surface area contributed by atoms with E-state index in [1.807, 2.05) is 31.2 Å². The lowest BCUT2D eigenvalue weighted by molar-refractivity contribution is -0.122. The van der Waals surface area contributed by atoms with Crippen molar-refractivity contribution in [3.8, 4) is 11.8 Å². The summed E-state index contributed by atoms with van der Waals surface area (Å²) in [6.45, 7) is 2.38. The molecule has 3 N–H and O–H groups in total. The summed E-state index contributed by atoms with van der Waals surface area (Å²) in [4.78, 5) is 11.7. The Kier molecular flexibility index (Phi) is 4.59. The lowest BCUT2D eigenvalue weighted by Gasteiger charge is -2.14. The molecule has 0 saturated heterocycles. The molecule has 1 aromatic carbocycles. The molecule has 1 aliphatic rings. The minimum absolute atomic E-state index is 0.0442. The van der Waals surface area contributed by atoms with Crippen molar-refractivity contribution >= 4 is 5.91 Å².